The van der Waals surface area contributed by atoms with Crippen molar-refractivity contribution in [3.63, 3.8) is 0 Å². The number of anilines is 1. The number of nitrogens with one attached hydrogen (secondary N) is 1. The SMILES string of the molecule is Cc1cccc(NC2CCC(N)CC2)c1C. The van der Waals surface area contributed by atoms with Gasteiger partial charge in [0.2, 0.25) is 0 Å². The number of nitrogens with two attached hydrogens (primary N) is 1. The van der Waals surface area contributed by atoms with Crippen molar-refractivity contribution in [1.82, 2.24) is 0 Å². The van der Waals surface area contributed by atoms with Crippen LogP contribution < -0.4 is 11.1 Å². The summed E-state index contributed by atoms with van der Waals surface area (Å²) in [5, 5.41) is 3.65. The molecule has 0 amide bonds. The van der Waals surface area contributed by atoms with Crippen LogP contribution in [-0.2, 0) is 0 Å². The molecule has 0 heterocycles. The third kappa shape index (κ3) is 2.56. The van der Waals surface area contributed by atoms with Crippen molar-refractivity contribution in [1.29, 1.82) is 0 Å². The zero-order valence-corrected chi connectivity index (χ0v) is 10.3. The zero-order valence-electron chi connectivity index (χ0n) is 10.3. The molecule has 1 fully saturated rings. The maximum absolute atomic E-state index is 5.92. The summed E-state index contributed by atoms with van der Waals surface area (Å²) in [5.74, 6) is 0. The summed E-state index contributed by atoms with van der Waals surface area (Å²) in [4.78, 5) is 0. The molecule has 0 spiro atoms. The second kappa shape index (κ2) is 4.88. The molecular weight excluding hydrogens is 196 g/mol. The highest BCUT2D eigenvalue weighted by atomic mass is 14.9. The van der Waals surface area contributed by atoms with Gasteiger partial charge in [-0.3, -0.25) is 0 Å². The molecule has 1 saturated carbocycles. The molecule has 0 aromatic heterocycles. The van der Waals surface area contributed by atoms with Crippen LogP contribution in [0.25, 0.3) is 0 Å². The molecule has 88 valence electrons. The van der Waals surface area contributed by atoms with Gasteiger partial charge in [-0.05, 0) is 56.7 Å². The molecule has 2 nitrogen and oxygen atoms in total. The van der Waals surface area contributed by atoms with Crippen molar-refractivity contribution >= 4 is 5.69 Å². The van der Waals surface area contributed by atoms with E-state index in [1.807, 2.05) is 0 Å². The van der Waals surface area contributed by atoms with Crippen molar-refractivity contribution < 1.29 is 0 Å². The molecule has 0 aliphatic heterocycles. The summed E-state index contributed by atoms with van der Waals surface area (Å²) in [6.45, 7) is 4.35. The third-order valence-corrected chi connectivity index (χ3v) is 3.74. The highest BCUT2D eigenvalue weighted by Crippen LogP contribution is 2.24. The fourth-order valence-electron chi connectivity index (χ4n) is 2.39. The highest BCUT2D eigenvalue weighted by molar-refractivity contribution is 5.54. The normalized spacial score (nSPS) is 25.4. The van der Waals surface area contributed by atoms with Gasteiger partial charge in [-0.1, -0.05) is 12.1 Å². The van der Waals surface area contributed by atoms with Crippen LogP contribution in [0.5, 0.6) is 0 Å². The minimum atomic E-state index is 0.427. The summed E-state index contributed by atoms with van der Waals surface area (Å²) in [6.07, 6.45) is 4.72. The van der Waals surface area contributed by atoms with Crippen LogP contribution in [0.2, 0.25) is 0 Å². The van der Waals surface area contributed by atoms with Crippen LogP contribution in [-0.4, -0.2) is 12.1 Å². The van der Waals surface area contributed by atoms with E-state index in [2.05, 4.69) is 37.4 Å². The smallest absolute Gasteiger partial charge is 0.0374 e. The number of hydrogen-bond donors (Lipinski definition) is 2. The third-order valence-electron chi connectivity index (χ3n) is 3.74. The molecule has 1 aromatic rings. The van der Waals surface area contributed by atoms with Crippen molar-refractivity contribution in [3.8, 4) is 0 Å². The predicted octanol–water partition coefficient (Wildman–Crippen LogP) is 2.99. The van der Waals surface area contributed by atoms with E-state index in [4.69, 9.17) is 5.73 Å². The maximum Gasteiger partial charge on any atom is 0.0374 e. The first kappa shape index (κ1) is 11.5. The average molecular weight is 218 g/mol. The minimum Gasteiger partial charge on any atom is -0.382 e. The van der Waals surface area contributed by atoms with E-state index in [0.29, 0.717) is 12.1 Å². The molecule has 1 aliphatic carbocycles. The molecule has 2 heteroatoms. The average Bonchev–Trinajstić information content (AvgIpc) is 2.28. The molecule has 1 aromatic carbocycles. The van der Waals surface area contributed by atoms with E-state index in [0.717, 1.165) is 12.8 Å². The Morgan fingerprint density at radius 1 is 1.12 bits per heavy atom. The van der Waals surface area contributed by atoms with Crippen LogP contribution in [0.3, 0.4) is 0 Å². The van der Waals surface area contributed by atoms with Gasteiger partial charge in [0, 0.05) is 17.8 Å². The van der Waals surface area contributed by atoms with Crippen LogP contribution >= 0.6 is 0 Å². The minimum absolute atomic E-state index is 0.427. The lowest BCUT2D eigenvalue weighted by molar-refractivity contribution is 0.411. The molecule has 0 bridgehead atoms. The van der Waals surface area contributed by atoms with Gasteiger partial charge in [0.25, 0.3) is 0 Å². The zero-order chi connectivity index (χ0) is 11.5. The number of aryl methyl sites for hydroxylation is 1. The summed E-state index contributed by atoms with van der Waals surface area (Å²) < 4.78 is 0. The van der Waals surface area contributed by atoms with Crippen LogP contribution in [0, 0.1) is 13.8 Å². The van der Waals surface area contributed by atoms with Gasteiger partial charge in [0.1, 0.15) is 0 Å². The molecule has 0 unspecified atom stereocenters. The van der Waals surface area contributed by atoms with E-state index < -0.39 is 0 Å². The van der Waals surface area contributed by atoms with E-state index in [1.54, 1.807) is 0 Å². The lowest BCUT2D eigenvalue weighted by Crippen LogP contribution is -2.32. The van der Waals surface area contributed by atoms with E-state index in [9.17, 15) is 0 Å². The summed E-state index contributed by atoms with van der Waals surface area (Å²) >= 11 is 0. The highest BCUT2D eigenvalue weighted by Gasteiger charge is 2.18. The summed E-state index contributed by atoms with van der Waals surface area (Å²) in [5.41, 5.74) is 9.94. The molecule has 0 atom stereocenters. The Hall–Kier alpha value is -1.02. The first-order valence-corrected chi connectivity index (χ1v) is 6.25. The number of benzene rings is 1. The molecule has 0 saturated heterocycles. The van der Waals surface area contributed by atoms with Gasteiger partial charge in [0.15, 0.2) is 0 Å². The van der Waals surface area contributed by atoms with Gasteiger partial charge in [-0.15, -0.1) is 0 Å². The quantitative estimate of drug-likeness (QED) is 0.801. The van der Waals surface area contributed by atoms with Crippen LogP contribution in [0.15, 0.2) is 18.2 Å². The van der Waals surface area contributed by atoms with E-state index >= 15 is 0 Å². The Morgan fingerprint density at radius 3 is 2.50 bits per heavy atom. The fourth-order valence-corrected chi connectivity index (χ4v) is 2.39. The first-order valence-electron chi connectivity index (χ1n) is 6.25. The Labute approximate surface area is 98.2 Å². The Kier molecular flexibility index (Phi) is 3.49. The van der Waals surface area contributed by atoms with Gasteiger partial charge in [-0.2, -0.15) is 0 Å². The predicted molar refractivity (Wildman–Crippen MR) is 69.8 cm³/mol. The molecule has 2 rings (SSSR count). The van der Waals surface area contributed by atoms with Gasteiger partial charge < -0.3 is 11.1 Å². The van der Waals surface area contributed by atoms with Gasteiger partial charge in [-0.25, -0.2) is 0 Å². The molecular formula is C14H22N2. The molecule has 0 radical (unpaired) electrons. The topological polar surface area (TPSA) is 38.0 Å². The number of rotatable bonds is 2. The lowest BCUT2D eigenvalue weighted by Gasteiger charge is -2.28. The van der Waals surface area contributed by atoms with Crippen molar-refractivity contribution in [2.75, 3.05) is 5.32 Å². The summed E-state index contributed by atoms with van der Waals surface area (Å²) in [6, 6.07) is 7.50. The van der Waals surface area contributed by atoms with Gasteiger partial charge in [0.05, 0.1) is 0 Å². The Bertz CT molecular complexity index is 352. The monoisotopic (exact) mass is 218 g/mol. The van der Waals surface area contributed by atoms with Crippen molar-refractivity contribution in [2.24, 2.45) is 5.73 Å². The van der Waals surface area contributed by atoms with Crippen LogP contribution in [0.1, 0.15) is 36.8 Å². The maximum atomic E-state index is 5.92. The molecule has 1 aliphatic rings. The number of hydrogen-bond acceptors (Lipinski definition) is 2. The second-order valence-electron chi connectivity index (χ2n) is 5.00. The second-order valence-corrected chi connectivity index (χ2v) is 5.00. The Morgan fingerprint density at radius 2 is 1.81 bits per heavy atom. The molecule has 3 N–H and O–H groups in total. The van der Waals surface area contributed by atoms with E-state index in [-0.39, 0.29) is 0 Å². The fraction of sp³-hybridized carbons (Fsp3) is 0.571. The Balaban J connectivity index is 2.01. The first-order chi connectivity index (χ1) is 7.66. The lowest BCUT2D eigenvalue weighted by atomic mass is 9.91. The van der Waals surface area contributed by atoms with Crippen LogP contribution in [0.4, 0.5) is 5.69 Å². The van der Waals surface area contributed by atoms with E-state index in [1.165, 1.54) is 29.7 Å². The molecule has 16 heavy (non-hydrogen) atoms. The van der Waals surface area contributed by atoms with Gasteiger partial charge >= 0.3 is 0 Å². The van der Waals surface area contributed by atoms with Crippen molar-refractivity contribution in [3.05, 3.63) is 29.3 Å². The summed E-state index contributed by atoms with van der Waals surface area (Å²) in [7, 11) is 0. The largest absolute Gasteiger partial charge is 0.382 e. The standard InChI is InChI=1S/C14H22N2/c1-10-4-3-5-14(11(10)2)16-13-8-6-12(15)7-9-13/h3-5,12-13,16H,6-9,15H2,1-2H3. The van der Waals surface area contributed by atoms with Crippen molar-refractivity contribution in [2.45, 2.75) is 51.6 Å².